The molecule has 0 unspecified atom stereocenters. The molecule has 2 rings (SSSR count). The maximum absolute atomic E-state index is 8.94. The number of aromatic nitrogens is 4. The lowest BCUT2D eigenvalue weighted by Crippen LogP contribution is -1.93. The minimum atomic E-state index is 0.210. The number of allylic oxidation sites excluding steroid dienone is 1. The third-order valence-corrected chi connectivity index (χ3v) is 2.08. The summed E-state index contributed by atoms with van der Waals surface area (Å²) in [5.74, 6) is 0.210. The van der Waals surface area contributed by atoms with Gasteiger partial charge in [0, 0.05) is 11.9 Å². The Balaban J connectivity index is 2.19. The Morgan fingerprint density at radius 1 is 1.39 bits per heavy atom. The first-order chi connectivity index (χ1) is 8.83. The Morgan fingerprint density at radius 3 is 2.94 bits per heavy atom. The van der Waals surface area contributed by atoms with Crippen molar-refractivity contribution in [2.24, 2.45) is 0 Å². The van der Waals surface area contributed by atoms with Crippen LogP contribution in [0.5, 0.6) is 0 Å². The van der Waals surface area contributed by atoms with Crippen LogP contribution in [0, 0.1) is 22.7 Å². The van der Waals surface area contributed by atoms with Crippen LogP contribution in [0.3, 0.4) is 0 Å². The molecule has 0 radical (unpaired) electrons. The summed E-state index contributed by atoms with van der Waals surface area (Å²) in [6.45, 7) is 0. The quantitative estimate of drug-likeness (QED) is 0.771. The summed E-state index contributed by atoms with van der Waals surface area (Å²) in [5.41, 5.74) is 1.47. The molecule has 7 heteroatoms. The van der Waals surface area contributed by atoms with Crippen LogP contribution < -0.4 is 5.32 Å². The molecule has 0 saturated heterocycles. The number of rotatable bonds is 3. The number of hydrogen-bond acceptors (Lipinski definition) is 6. The van der Waals surface area contributed by atoms with Gasteiger partial charge in [-0.15, -0.1) is 10.2 Å². The summed E-state index contributed by atoms with van der Waals surface area (Å²) in [6, 6.07) is 10.9. The zero-order chi connectivity index (χ0) is 12.8. The van der Waals surface area contributed by atoms with E-state index in [0.29, 0.717) is 11.3 Å². The van der Waals surface area contributed by atoms with Crippen LogP contribution in [0.1, 0.15) is 11.4 Å². The van der Waals surface area contributed by atoms with Crippen LogP contribution in [-0.2, 0) is 0 Å². The highest BCUT2D eigenvalue weighted by molar-refractivity contribution is 5.74. The Hall–Kier alpha value is -3.19. The van der Waals surface area contributed by atoms with Crippen LogP contribution in [0.4, 0.5) is 5.69 Å². The van der Waals surface area contributed by atoms with Crippen molar-refractivity contribution in [1.82, 2.24) is 20.6 Å². The van der Waals surface area contributed by atoms with E-state index >= 15 is 0 Å². The molecule has 86 valence electrons. The topological polar surface area (TPSA) is 114 Å². The zero-order valence-electron chi connectivity index (χ0n) is 9.12. The molecule has 1 aromatic carbocycles. The van der Waals surface area contributed by atoms with Gasteiger partial charge >= 0.3 is 0 Å². The molecular weight excluding hydrogens is 230 g/mol. The van der Waals surface area contributed by atoms with Crippen molar-refractivity contribution in [2.45, 2.75) is 0 Å². The lowest BCUT2D eigenvalue weighted by Gasteiger charge is -2.00. The molecule has 0 atom stereocenters. The summed E-state index contributed by atoms with van der Waals surface area (Å²) in [4.78, 5) is 0. The second-order valence-corrected chi connectivity index (χ2v) is 3.24. The van der Waals surface area contributed by atoms with E-state index in [-0.39, 0.29) is 11.4 Å². The molecular formula is C11H7N7. The fraction of sp³-hybridized carbons (Fsp3) is 0. The molecule has 0 saturated carbocycles. The molecule has 0 bridgehead atoms. The average Bonchev–Trinajstić information content (AvgIpc) is 2.94. The van der Waals surface area contributed by atoms with Gasteiger partial charge in [-0.2, -0.15) is 15.7 Å². The lowest BCUT2D eigenvalue weighted by molar-refractivity contribution is 0.881. The Kier molecular flexibility index (Phi) is 3.29. The standard InChI is InChI=1S/C11H7N7/c12-5-8-2-1-3-10(4-8)14-7-9(6-13)11-15-17-18-16-11/h1-4,7,14H,(H,15,16,17,18). The first-order valence-corrected chi connectivity index (χ1v) is 4.94. The van der Waals surface area contributed by atoms with Gasteiger partial charge in [0.05, 0.1) is 11.6 Å². The van der Waals surface area contributed by atoms with Gasteiger partial charge in [-0.05, 0) is 23.4 Å². The third-order valence-electron chi connectivity index (χ3n) is 2.08. The lowest BCUT2D eigenvalue weighted by atomic mass is 10.2. The van der Waals surface area contributed by atoms with Crippen molar-refractivity contribution >= 4 is 11.3 Å². The van der Waals surface area contributed by atoms with E-state index in [1.165, 1.54) is 6.20 Å². The van der Waals surface area contributed by atoms with E-state index in [1.54, 1.807) is 24.3 Å². The highest BCUT2D eigenvalue weighted by Gasteiger charge is 2.05. The normalized spacial score (nSPS) is 10.4. The van der Waals surface area contributed by atoms with Crippen molar-refractivity contribution in [3.8, 4) is 12.1 Å². The van der Waals surface area contributed by atoms with Crippen LogP contribution in [0.15, 0.2) is 30.5 Å². The largest absolute Gasteiger partial charge is 0.360 e. The predicted molar refractivity (Wildman–Crippen MR) is 62.5 cm³/mol. The van der Waals surface area contributed by atoms with Crippen molar-refractivity contribution in [3.63, 3.8) is 0 Å². The van der Waals surface area contributed by atoms with Crippen molar-refractivity contribution in [2.75, 3.05) is 5.32 Å². The van der Waals surface area contributed by atoms with Gasteiger partial charge in [0.25, 0.3) is 0 Å². The molecule has 0 aliphatic carbocycles. The highest BCUT2D eigenvalue weighted by atomic mass is 15.5. The number of H-pyrrole nitrogens is 1. The maximum atomic E-state index is 8.94. The molecule has 2 aromatic rings. The van der Waals surface area contributed by atoms with Crippen LogP contribution in [0.25, 0.3) is 5.57 Å². The second kappa shape index (κ2) is 5.23. The van der Waals surface area contributed by atoms with E-state index < -0.39 is 0 Å². The highest BCUT2D eigenvalue weighted by Crippen LogP contribution is 2.12. The van der Waals surface area contributed by atoms with Crippen molar-refractivity contribution in [3.05, 3.63) is 41.9 Å². The summed E-state index contributed by atoms with van der Waals surface area (Å²) in [7, 11) is 0. The van der Waals surface area contributed by atoms with Crippen LogP contribution in [0.2, 0.25) is 0 Å². The monoisotopic (exact) mass is 237 g/mol. The van der Waals surface area contributed by atoms with Crippen molar-refractivity contribution < 1.29 is 0 Å². The fourth-order valence-electron chi connectivity index (χ4n) is 1.26. The maximum Gasteiger partial charge on any atom is 0.216 e. The Morgan fingerprint density at radius 2 is 2.28 bits per heavy atom. The molecule has 0 aliphatic heterocycles. The molecule has 0 fully saturated rings. The average molecular weight is 237 g/mol. The van der Waals surface area contributed by atoms with E-state index in [4.69, 9.17) is 10.5 Å². The van der Waals surface area contributed by atoms with Gasteiger partial charge in [0.2, 0.25) is 5.82 Å². The number of aromatic amines is 1. The molecule has 0 spiro atoms. The molecule has 7 nitrogen and oxygen atoms in total. The van der Waals surface area contributed by atoms with Crippen molar-refractivity contribution in [1.29, 1.82) is 10.5 Å². The first-order valence-electron chi connectivity index (χ1n) is 4.94. The van der Waals surface area contributed by atoms with E-state index in [0.717, 1.165) is 0 Å². The smallest absolute Gasteiger partial charge is 0.216 e. The molecule has 0 amide bonds. The third kappa shape index (κ3) is 2.49. The molecule has 0 aliphatic rings. The van der Waals surface area contributed by atoms with Gasteiger partial charge in [-0.25, -0.2) is 0 Å². The minimum absolute atomic E-state index is 0.210. The van der Waals surface area contributed by atoms with Gasteiger partial charge in [-0.1, -0.05) is 6.07 Å². The minimum Gasteiger partial charge on any atom is -0.360 e. The van der Waals surface area contributed by atoms with Crippen LogP contribution >= 0.6 is 0 Å². The van der Waals surface area contributed by atoms with Gasteiger partial charge in [0.15, 0.2) is 0 Å². The van der Waals surface area contributed by atoms with Gasteiger partial charge < -0.3 is 5.32 Å². The number of benzene rings is 1. The molecule has 2 N–H and O–H groups in total. The van der Waals surface area contributed by atoms with E-state index in [9.17, 15) is 0 Å². The number of anilines is 1. The Bertz CT molecular complexity index is 643. The number of tetrazole rings is 1. The number of nitriles is 2. The zero-order valence-corrected chi connectivity index (χ0v) is 9.12. The number of hydrogen-bond donors (Lipinski definition) is 2. The molecule has 1 aromatic heterocycles. The number of nitrogens with zero attached hydrogens (tertiary/aromatic N) is 5. The van der Waals surface area contributed by atoms with Gasteiger partial charge in [-0.3, -0.25) is 0 Å². The van der Waals surface area contributed by atoms with Crippen LogP contribution in [-0.4, -0.2) is 20.6 Å². The van der Waals surface area contributed by atoms with Gasteiger partial charge in [0.1, 0.15) is 11.6 Å². The molecule has 18 heavy (non-hydrogen) atoms. The fourth-order valence-corrected chi connectivity index (χ4v) is 1.26. The molecule has 1 heterocycles. The summed E-state index contributed by atoms with van der Waals surface area (Å²) < 4.78 is 0. The predicted octanol–water partition coefficient (Wildman–Crippen LogP) is 1.05. The summed E-state index contributed by atoms with van der Waals surface area (Å²) >= 11 is 0. The SMILES string of the molecule is N#CC(=CNc1cccc(C#N)c1)c1nn[nH]n1. The summed E-state index contributed by atoms with van der Waals surface area (Å²) in [6.07, 6.45) is 1.46. The van der Waals surface area contributed by atoms with E-state index in [1.807, 2.05) is 12.1 Å². The Labute approximate surface area is 102 Å². The second-order valence-electron chi connectivity index (χ2n) is 3.24. The number of nitrogens with one attached hydrogen (secondary N) is 2. The van der Waals surface area contributed by atoms with E-state index in [2.05, 4.69) is 25.9 Å². The first kappa shape index (κ1) is 11.3. The summed E-state index contributed by atoms with van der Waals surface area (Å²) in [5, 5.41) is 33.7.